The molecule has 2 heterocycles. The van der Waals surface area contributed by atoms with Crippen LogP contribution in [0, 0.1) is 0 Å². The standard InChI is InChI=1S/C13H10N4O2S/c1-14-11-8-4-7(2-3-9(8)15-6-16-11)5-10-12(18)17-13(19)20-10/h2-6,18H,1H3,(H,17,19)/b7-5+,14-11?. The minimum Gasteiger partial charge on any atom is -0.493 e. The lowest BCUT2D eigenvalue weighted by molar-refractivity contribution is 0.455. The van der Waals surface area contributed by atoms with Crippen LogP contribution in [0.4, 0.5) is 0 Å². The molecule has 2 N–H and O–H groups in total. The Morgan fingerprint density at radius 2 is 2.30 bits per heavy atom. The monoisotopic (exact) mass is 286 g/mol. The highest BCUT2D eigenvalue weighted by Gasteiger charge is 2.08. The van der Waals surface area contributed by atoms with E-state index in [0.717, 1.165) is 27.5 Å². The van der Waals surface area contributed by atoms with Gasteiger partial charge in [0.15, 0.2) is 5.84 Å². The first-order valence-electron chi connectivity index (χ1n) is 5.79. The summed E-state index contributed by atoms with van der Waals surface area (Å²) in [6.45, 7) is 0. The van der Waals surface area contributed by atoms with E-state index in [2.05, 4.69) is 20.0 Å². The lowest BCUT2D eigenvalue weighted by atomic mass is 10.1. The number of nitrogens with one attached hydrogen (secondary N) is 1. The third-order valence-electron chi connectivity index (χ3n) is 2.80. The Bertz CT molecular complexity index is 905. The first-order valence-corrected chi connectivity index (χ1v) is 6.60. The van der Waals surface area contributed by atoms with Gasteiger partial charge in [0.05, 0.1) is 10.2 Å². The zero-order chi connectivity index (χ0) is 14.1. The predicted molar refractivity (Wildman–Crippen MR) is 78.3 cm³/mol. The maximum Gasteiger partial charge on any atom is 0.307 e. The van der Waals surface area contributed by atoms with Gasteiger partial charge in [-0.05, 0) is 23.4 Å². The van der Waals surface area contributed by atoms with Crippen LogP contribution in [0.3, 0.4) is 0 Å². The molecule has 0 amide bonds. The molecule has 1 aliphatic heterocycles. The van der Waals surface area contributed by atoms with E-state index in [0.29, 0.717) is 10.7 Å². The van der Waals surface area contributed by atoms with E-state index < -0.39 is 0 Å². The number of rotatable bonds is 1. The summed E-state index contributed by atoms with van der Waals surface area (Å²) in [6.07, 6.45) is 3.20. The normalized spacial score (nSPS) is 16.2. The third kappa shape index (κ3) is 2.19. The van der Waals surface area contributed by atoms with Crippen molar-refractivity contribution >= 4 is 29.6 Å². The van der Waals surface area contributed by atoms with Crippen molar-refractivity contribution in [1.82, 2.24) is 4.98 Å². The SMILES string of the molecule is CN=C1N=CN=c2cc/c(=C\c3sc(=O)[nH]c3O)cc21. The van der Waals surface area contributed by atoms with Crippen molar-refractivity contribution in [3.63, 3.8) is 0 Å². The zero-order valence-corrected chi connectivity index (χ0v) is 11.3. The van der Waals surface area contributed by atoms with E-state index in [1.54, 1.807) is 13.1 Å². The van der Waals surface area contributed by atoms with Gasteiger partial charge in [0.2, 0.25) is 5.88 Å². The van der Waals surface area contributed by atoms with Crippen LogP contribution in [-0.4, -0.2) is 29.3 Å². The van der Waals surface area contributed by atoms with Gasteiger partial charge < -0.3 is 5.11 Å². The molecule has 0 spiro atoms. The largest absolute Gasteiger partial charge is 0.493 e. The zero-order valence-electron chi connectivity index (χ0n) is 10.5. The van der Waals surface area contributed by atoms with Crippen molar-refractivity contribution < 1.29 is 5.11 Å². The molecule has 0 atom stereocenters. The Hall–Kier alpha value is -2.54. The fraction of sp³-hybridized carbons (Fsp3) is 0.0769. The molecule has 0 radical (unpaired) electrons. The van der Waals surface area contributed by atoms with Crippen LogP contribution in [0.15, 0.2) is 38.0 Å². The van der Waals surface area contributed by atoms with Crippen molar-refractivity contribution in [1.29, 1.82) is 0 Å². The summed E-state index contributed by atoms with van der Waals surface area (Å²) in [5, 5.41) is 11.2. The number of hydrogen-bond acceptors (Lipinski definition) is 5. The Labute approximate surface area is 117 Å². The fourth-order valence-electron chi connectivity index (χ4n) is 1.91. The highest BCUT2D eigenvalue weighted by atomic mass is 32.1. The van der Waals surface area contributed by atoms with Gasteiger partial charge in [-0.25, -0.2) is 9.98 Å². The number of aromatic amines is 1. The van der Waals surface area contributed by atoms with Crippen LogP contribution in [0.2, 0.25) is 0 Å². The molecule has 0 saturated carbocycles. The molecule has 0 unspecified atom stereocenters. The number of aliphatic imine (C=N–C) groups is 2. The molecule has 7 heteroatoms. The van der Waals surface area contributed by atoms with E-state index in [1.807, 2.05) is 18.2 Å². The summed E-state index contributed by atoms with van der Waals surface area (Å²) in [7, 11) is 1.67. The number of thiazole rings is 1. The maximum atomic E-state index is 11.2. The van der Waals surface area contributed by atoms with Crippen molar-refractivity contribution in [2.45, 2.75) is 0 Å². The second-order valence-electron chi connectivity index (χ2n) is 4.07. The van der Waals surface area contributed by atoms with E-state index in [4.69, 9.17) is 0 Å². The highest BCUT2D eigenvalue weighted by Crippen LogP contribution is 2.15. The lowest BCUT2D eigenvalue weighted by Crippen LogP contribution is -2.22. The van der Waals surface area contributed by atoms with Gasteiger partial charge in [0.1, 0.15) is 6.34 Å². The third-order valence-corrected chi connectivity index (χ3v) is 3.62. The molecule has 0 aliphatic carbocycles. The average molecular weight is 286 g/mol. The topological polar surface area (TPSA) is 90.2 Å². The fourth-order valence-corrected chi connectivity index (χ4v) is 2.60. The van der Waals surface area contributed by atoms with Gasteiger partial charge in [0, 0.05) is 12.6 Å². The van der Waals surface area contributed by atoms with Gasteiger partial charge in [-0.1, -0.05) is 17.4 Å². The number of aromatic hydroxyl groups is 1. The summed E-state index contributed by atoms with van der Waals surface area (Å²) in [4.78, 5) is 26.1. The number of benzene rings is 1. The van der Waals surface area contributed by atoms with Gasteiger partial charge >= 0.3 is 4.87 Å². The minimum atomic E-state index is -0.290. The molecule has 6 nitrogen and oxygen atoms in total. The average Bonchev–Trinajstić information content (AvgIpc) is 2.76. The Morgan fingerprint density at radius 1 is 1.45 bits per heavy atom. The first kappa shape index (κ1) is 12.5. The summed E-state index contributed by atoms with van der Waals surface area (Å²) in [6, 6.07) is 5.59. The second-order valence-corrected chi connectivity index (χ2v) is 5.08. The van der Waals surface area contributed by atoms with Crippen LogP contribution in [0.1, 0.15) is 10.4 Å². The van der Waals surface area contributed by atoms with E-state index in [-0.39, 0.29) is 10.8 Å². The molecule has 0 saturated heterocycles. The molecular formula is C13H10N4O2S. The number of fused-ring (bicyclic) bond motifs is 1. The molecule has 100 valence electrons. The number of nitrogens with zero attached hydrogens (tertiary/aromatic N) is 3. The summed E-state index contributed by atoms with van der Waals surface area (Å²) < 4.78 is 0. The molecule has 0 bridgehead atoms. The Morgan fingerprint density at radius 3 is 3.00 bits per heavy atom. The first-order chi connectivity index (χ1) is 9.67. The van der Waals surface area contributed by atoms with Gasteiger partial charge in [-0.3, -0.25) is 14.8 Å². The second kappa shape index (κ2) is 4.86. The molecule has 20 heavy (non-hydrogen) atoms. The minimum absolute atomic E-state index is 0.121. The van der Waals surface area contributed by atoms with E-state index in [1.165, 1.54) is 6.34 Å². The lowest BCUT2D eigenvalue weighted by Gasteiger charge is -2.04. The molecule has 3 rings (SSSR count). The molecule has 1 aliphatic rings. The van der Waals surface area contributed by atoms with Crippen molar-refractivity contribution in [2.75, 3.05) is 7.05 Å². The summed E-state index contributed by atoms with van der Waals surface area (Å²) in [5.41, 5.74) is 0.825. The number of amidine groups is 1. The molecule has 1 aromatic carbocycles. The van der Waals surface area contributed by atoms with Crippen molar-refractivity contribution in [2.24, 2.45) is 15.0 Å². The number of hydrogen-bond donors (Lipinski definition) is 2. The van der Waals surface area contributed by atoms with Crippen molar-refractivity contribution in [3.05, 3.63) is 48.9 Å². The molecule has 2 aromatic rings. The van der Waals surface area contributed by atoms with Crippen molar-refractivity contribution in [3.8, 4) is 5.88 Å². The van der Waals surface area contributed by atoms with Gasteiger partial charge in [0.25, 0.3) is 0 Å². The quantitative estimate of drug-likeness (QED) is 0.773. The highest BCUT2D eigenvalue weighted by molar-refractivity contribution is 7.10. The number of aromatic nitrogens is 1. The van der Waals surface area contributed by atoms with Gasteiger partial charge in [-0.15, -0.1) is 0 Å². The van der Waals surface area contributed by atoms with Gasteiger partial charge in [-0.2, -0.15) is 0 Å². The van der Waals surface area contributed by atoms with Crippen LogP contribution < -0.4 is 15.4 Å². The molecular weight excluding hydrogens is 276 g/mol. The summed E-state index contributed by atoms with van der Waals surface area (Å²) in [5.74, 6) is 0.488. The Kier molecular flexibility index (Phi) is 3.03. The summed E-state index contributed by atoms with van der Waals surface area (Å²) >= 11 is 0.953. The van der Waals surface area contributed by atoms with Crippen LogP contribution in [0.5, 0.6) is 5.88 Å². The maximum absolute atomic E-state index is 11.2. The predicted octanol–water partition coefficient (Wildman–Crippen LogP) is 0.00870. The molecule has 0 fully saturated rings. The van der Waals surface area contributed by atoms with E-state index in [9.17, 15) is 9.90 Å². The smallest absolute Gasteiger partial charge is 0.307 e. The van der Waals surface area contributed by atoms with Crippen LogP contribution in [-0.2, 0) is 0 Å². The van der Waals surface area contributed by atoms with E-state index >= 15 is 0 Å². The van der Waals surface area contributed by atoms with Crippen LogP contribution >= 0.6 is 11.3 Å². The number of H-pyrrole nitrogens is 1. The van der Waals surface area contributed by atoms with Crippen LogP contribution in [0.25, 0.3) is 6.08 Å². The molecule has 1 aromatic heterocycles. The Balaban J connectivity index is 2.19.